The Kier molecular flexibility index (Phi) is 4.66. The standard InChI is InChI=1S/C20H17ClFN3O2/c1-12-4-6-13(7-5-12)18-23-19(27-24-18)17-3-2-10-25(17)20(26)15-11-14(22)8-9-16(15)21/h4-9,11,17H,2-3,10H2,1H3/t17-/m0/s1. The van der Waals surface area contributed by atoms with Crippen LogP contribution in [0.5, 0.6) is 0 Å². The molecule has 0 N–H and O–H groups in total. The molecule has 3 aromatic rings. The van der Waals surface area contributed by atoms with Crippen LogP contribution in [0, 0.1) is 12.7 Å². The average Bonchev–Trinajstić information content (AvgIpc) is 3.32. The van der Waals surface area contributed by atoms with Crippen LogP contribution in [0.15, 0.2) is 47.0 Å². The summed E-state index contributed by atoms with van der Waals surface area (Å²) in [5, 5.41) is 4.27. The monoisotopic (exact) mass is 385 g/mol. The molecule has 2 heterocycles. The molecule has 5 nitrogen and oxygen atoms in total. The van der Waals surface area contributed by atoms with Gasteiger partial charge in [0.1, 0.15) is 11.9 Å². The predicted molar refractivity (Wildman–Crippen MR) is 98.9 cm³/mol. The number of carbonyl (C=O) groups excluding carboxylic acids is 1. The van der Waals surface area contributed by atoms with Gasteiger partial charge in [-0.05, 0) is 38.0 Å². The fourth-order valence-electron chi connectivity index (χ4n) is 3.27. The van der Waals surface area contributed by atoms with E-state index in [1.165, 1.54) is 12.1 Å². The minimum Gasteiger partial charge on any atom is -0.337 e. The minimum absolute atomic E-state index is 0.141. The second-order valence-electron chi connectivity index (χ2n) is 6.60. The van der Waals surface area contributed by atoms with Gasteiger partial charge in [-0.3, -0.25) is 4.79 Å². The Hall–Kier alpha value is -2.73. The van der Waals surface area contributed by atoms with Crippen LogP contribution in [0.1, 0.15) is 40.7 Å². The van der Waals surface area contributed by atoms with E-state index >= 15 is 0 Å². The molecule has 1 saturated heterocycles. The van der Waals surface area contributed by atoms with Crippen molar-refractivity contribution in [1.82, 2.24) is 15.0 Å². The maximum absolute atomic E-state index is 13.6. The highest BCUT2D eigenvalue weighted by Crippen LogP contribution is 2.34. The molecule has 1 fully saturated rings. The zero-order valence-electron chi connectivity index (χ0n) is 14.7. The Labute approximate surface area is 160 Å². The number of hydrogen-bond donors (Lipinski definition) is 0. The number of aromatic nitrogens is 2. The van der Waals surface area contributed by atoms with Gasteiger partial charge in [0.25, 0.3) is 5.91 Å². The maximum atomic E-state index is 13.6. The Bertz CT molecular complexity index is 987. The zero-order chi connectivity index (χ0) is 19.0. The predicted octanol–water partition coefficient (Wildman–Crippen LogP) is 4.81. The SMILES string of the molecule is Cc1ccc(-c2noc([C@@H]3CCCN3C(=O)c3cc(F)ccc3Cl)n2)cc1. The van der Waals surface area contributed by atoms with Crippen LogP contribution in [-0.4, -0.2) is 27.5 Å². The van der Waals surface area contributed by atoms with Crippen molar-refractivity contribution in [1.29, 1.82) is 0 Å². The zero-order valence-corrected chi connectivity index (χ0v) is 15.4. The molecular weight excluding hydrogens is 369 g/mol. The van der Waals surface area contributed by atoms with Gasteiger partial charge >= 0.3 is 0 Å². The Morgan fingerprint density at radius 1 is 1.26 bits per heavy atom. The molecular formula is C20H17ClFN3O2. The highest BCUT2D eigenvalue weighted by Gasteiger charge is 2.35. The summed E-state index contributed by atoms with van der Waals surface area (Å²) in [6, 6.07) is 11.2. The number of likely N-dealkylation sites (tertiary alicyclic amines) is 1. The number of nitrogens with zero attached hydrogens (tertiary/aromatic N) is 3. The summed E-state index contributed by atoms with van der Waals surface area (Å²) in [7, 11) is 0. The first kappa shape index (κ1) is 17.7. The summed E-state index contributed by atoms with van der Waals surface area (Å²) in [5.74, 6) is 0.0204. The Morgan fingerprint density at radius 2 is 2.04 bits per heavy atom. The summed E-state index contributed by atoms with van der Waals surface area (Å²) in [6.45, 7) is 2.53. The number of benzene rings is 2. The smallest absolute Gasteiger partial charge is 0.256 e. The van der Waals surface area contributed by atoms with E-state index in [0.717, 1.165) is 23.6 Å². The van der Waals surface area contributed by atoms with Crippen LogP contribution in [0.25, 0.3) is 11.4 Å². The fourth-order valence-corrected chi connectivity index (χ4v) is 3.47. The largest absolute Gasteiger partial charge is 0.337 e. The van der Waals surface area contributed by atoms with Crippen molar-refractivity contribution in [2.45, 2.75) is 25.8 Å². The van der Waals surface area contributed by atoms with Crippen molar-refractivity contribution in [2.75, 3.05) is 6.54 Å². The van der Waals surface area contributed by atoms with Crippen LogP contribution < -0.4 is 0 Å². The van der Waals surface area contributed by atoms with Gasteiger partial charge in [-0.25, -0.2) is 4.39 Å². The number of amides is 1. The van der Waals surface area contributed by atoms with Crippen LogP contribution in [-0.2, 0) is 0 Å². The van der Waals surface area contributed by atoms with Crippen molar-refractivity contribution in [3.8, 4) is 11.4 Å². The van der Waals surface area contributed by atoms with Gasteiger partial charge in [-0.2, -0.15) is 4.98 Å². The highest BCUT2D eigenvalue weighted by molar-refractivity contribution is 6.33. The molecule has 1 aliphatic heterocycles. The third kappa shape index (κ3) is 3.45. The number of aryl methyl sites for hydroxylation is 1. The number of rotatable bonds is 3. The lowest BCUT2D eigenvalue weighted by Crippen LogP contribution is -2.31. The van der Waals surface area contributed by atoms with E-state index < -0.39 is 5.82 Å². The molecule has 1 aromatic heterocycles. The quantitative estimate of drug-likeness (QED) is 0.648. The van der Waals surface area contributed by atoms with E-state index in [1.807, 2.05) is 31.2 Å². The van der Waals surface area contributed by atoms with Crippen LogP contribution >= 0.6 is 11.6 Å². The second-order valence-corrected chi connectivity index (χ2v) is 7.01. The Balaban J connectivity index is 1.61. The molecule has 0 unspecified atom stereocenters. The van der Waals surface area contributed by atoms with Crippen LogP contribution in [0.2, 0.25) is 5.02 Å². The third-order valence-corrected chi connectivity index (χ3v) is 5.04. The number of carbonyl (C=O) groups is 1. The molecule has 0 spiro atoms. The molecule has 4 rings (SSSR count). The van der Waals surface area contributed by atoms with E-state index in [2.05, 4.69) is 10.1 Å². The van der Waals surface area contributed by atoms with Gasteiger partial charge in [0.2, 0.25) is 11.7 Å². The lowest BCUT2D eigenvalue weighted by atomic mass is 10.1. The van der Waals surface area contributed by atoms with Gasteiger partial charge in [0.15, 0.2) is 0 Å². The van der Waals surface area contributed by atoms with Gasteiger partial charge in [-0.1, -0.05) is 46.6 Å². The summed E-state index contributed by atoms with van der Waals surface area (Å²) in [4.78, 5) is 19.0. The van der Waals surface area contributed by atoms with Crippen molar-refractivity contribution < 1.29 is 13.7 Å². The molecule has 0 aliphatic carbocycles. The van der Waals surface area contributed by atoms with Gasteiger partial charge in [0.05, 0.1) is 10.6 Å². The maximum Gasteiger partial charge on any atom is 0.256 e. The van der Waals surface area contributed by atoms with Crippen LogP contribution in [0.4, 0.5) is 4.39 Å². The van der Waals surface area contributed by atoms with Gasteiger partial charge in [-0.15, -0.1) is 0 Å². The third-order valence-electron chi connectivity index (χ3n) is 4.71. The lowest BCUT2D eigenvalue weighted by Gasteiger charge is -2.22. The highest BCUT2D eigenvalue weighted by atomic mass is 35.5. The first-order valence-electron chi connectivity index (χ1n) is 8.69. The molecule has 0 radical (unpaired) electrons. The molecule has 1 amide bonds. The number of hydrogen-bond acceptors (Lipinski definition) is 4. The van der Waals surface area contributed by atoms with Crippen LogP contribution in [0.3, 0.4) is 0 Å². The summed E-state index contributed by atoms with van der Waals surface area (Å²) in [6.07, 6.45) is 1.50. The van der Waals surface area contributed by atoms with Crippen molar-refractivity contribution in [2.24, 2.45) is 0 Å². The summed E-state index contributed by atoms with van der Waals surface area (Å²) >= 11 is 6.09. The molecule has 0 bridgehead atoms. The molecule has 1 atom stereocenters. The molecule has 27 heavy (non-hydrogen) atoms. The van der Waals surface area contributed by atoms with E-state index in [0.29, 0.717) is 24.7 Å². The molecule has 0 saturated carbocycles. The lowest BCUT2D eigenvalue weighted by molar-refractivity contribution is 0.0710. The summed E-state index contributed by atoms with van der Waals surface area (Å²) in [5.41, 5.74) is 2.13. The molecule has 7 heteroatoms. The first-order chi connectivity index (χ1) is 13.0. The first-order valence-corrected chi connectivity index (χ1v) is 9.07. The molecule has 1 aliphatic rings. The van der Waals surface area contributed by atoms with Gasteiger partial charge < -0.3 is 9.42 Å². The Morgan fingerprint density at radius 3 is 2.81 bits per heavy atom. The average molecular weight is 386 g/mol. The number of halogens is 2. The minimum atomic E-state index is -0.502. The summed E-state index contributed by atoms with van der Waals surface area (Å²) < 4.78 is 19.0. The van der Waals surface area contributed by atoms with Crippen molar-refractivity contribution in [3.05, 3.63) is 70.3 Å². The van der Waals surface area contributed by atoms with Crippen molar-refractivity contribution >= 4 is 17.5 Å². The van der Waals surface area contributed by atoms with Gasteiger partial charge in [0, 0.05) is 12.1 Å². The second kappa shape index (κ2) is 7.12. The molecule has 2 aromatic carbocycles. The fraction of sp³-hybridized carbons (Fsp3) is 0.250. The molecule has 138 valence electrons. The normalized spacial score (nSPS) is 16.7. The topological polar surface area (TPSA) is 59.2 Å². The van der Waals surface area contributed by atoms with E-state index in [9.17, 15) is 9.18 Å². The van der Waals surface area contributed by atoms with E-state index in [1.54, 1.807) is 4.90 Å². The van der Waals surface area contributed by atoms with Crippen molar-refractivity contribution in [3.63, 3.8) is 0 Å². The van der Waals surface area contributed by atoms with E-state index in [-0.39, 0.29) is 22.5 Å². The van der Waals surface area contributed by atoms with E-state index in [4.69, 9.17) is 16.1 Å².